The zero-order valence-corrected chi connectivity index (χ0v) is 14.3. The summed E-state index contributed by atoms with van der Waals surface area (Å²) in [5.74, 6) is 0.467. The molecule has 3 aromatic heterocycles. The molecule has 27 heavy (non-hydrogen) atoms. The van der Waals surface area contributed by atoms with Crippen LogP contribution in [0.1, 0.15) is 16.2 Å². The van der Waals surface area contributed by atoms with Gasteiger partial charge < -0.3 is 11.1 Å². The van der Waals surface area contributed by atoms with E-state index in [-0.39, 0.29) is 11.7 Å². The summed E-state index contributed by atoms with van der Waals surface area (Å²) in [6.07, 6.45) is 4.71. The van der Waals surface area contributed by atoms with Crippen molar-refractivity contribution < 1.29 is 9.18 Å². The number of fused-ring (bicyclic) bond motifs is 1. The number of halogens is 1. The number of nitrogens with two attached hydrogens (primary N) is 1. The molecule has 4 aromatic rings. The summed E-state index contributed by atoms with van der Waals surface area (Å²) >= 11 is 0. The molecular weight excluding hydrogens is 347 g/mol. The topological polar surface area (TPSA) is 98.2 Å². The summed E-state index contributed by atoms with van der Waals surface area (Å²) in [6.45, 7) is 1.88. The number of imidazole rings is 1. The summed E-state index contributed by atoms with van der Waals surface area (Å²) in [7, 11) is 0. The third-order valence-corrected chi connectivity index (χ3v) is 4.14. The molecule has 0 radical (unpaired) electrons. The Morgan fingerprint density at radius 3 is 2.67 bits per heavy atom. The molecule has 0 saturated heterocycles. The molecule has 1 aromatic carbocycles. The van der Waals surface area contributed by atoms with E-state index in [4.69, 9.17) is 5.73 Å². The average Bonchev–Trinajstić information content (AvgIpc) is 3.00. The van der Waals surface area contributed by atoms with Crippen molar-refractivity contribution in [2.45, 2.75) is 6.92 Å². The predicted molar refractivity (Wildman–Crippen MR) is 99.7 cm³/mol. The Labute approximate surface area is 153 Å². The number of carbonyl (C=O) groups excluding carboxylic acids is 1. The van der Waals surface area contributed by atoms with Crippen molar-refractivity contribution >= 4 is 23.1 Å². The smallest absolute Gasteiger partial charge is 0.256 e. The minimum absolute atomic E-state index is 0.152. The highest BCUT2D eigenvalue weighted by Gasteiger charge is 2.14. The van der Waals surface area contributed by atoms with Gasteiger partial charge in [-0.05, 0) is 25.1 Å². The number of hydrogen-bond acceptors (Lipinski definition) is 5. The van der Waals surface area contributed by atoms with Crippen LogP contribution in [0.15, 0.2) is 55.0 Å². The van der Waals surface area contributed by atoms with Crippen LogP contribution in [0, 0.1) is 12.7 Å². The van der Waals surface area contributed by atoms with Crippen molar-refractivity contribution in [1.29, 1.82) is 0 Å². The first-order valence-corrected chi connectivity index (χ1v) is 8.15. The molecule has 0 bridgehead atoms. The summed E-state index contributed by atoms with van der Waals surface area (Å²) in [6, 6.07) is 9.25. The SMILES string of the molecule is Cc1nc(-c2ccc(C(=O)Nc3cc(F)ccn3)cc2)c2c(N)nccn12. The van der Waals surface area contributed by atoms with Gasteiger partial charge in [-0.2, -0.15) is 0 Å². The minimum Gasteiger partial charge on any atom is -0.382 e. The number of nitrogens with zero attached hydrogens (tertiary/aromatic N) is 4. The van der Waals surface area contributed by atoms with Crippen molar-refractivity contribution in [2.24, 2.45) is 0 Å². The molecule has 0 atom stereocenters. The normalized spacial score (nSPS) is 10.9. The summed E-state index contributed by atoms with van der Waals surface area (Å²) in [5, 5.41) is 2.56. The Hall–Kier alpha value is -3.81. The van der Waals surface area contributed by atoms with Crippen LogP contribution in [-0.4, -0.2) is 25.3 Å². The Morgan fingerprint density at radius 1 is 1.15 bits per heavy atom. The van der Waals surface area contributed by atoms with Gasteiger partial charge in [-0.3, -0.25) is 9.20 Å². The number of pyridine rings is 1. The fourth-order valence-corrected chi connectivity index (χ4v) is 2.86. The van der Waals surface area contributed by atoms with Crippen LogP contribution >= 0.6 is 0 Å². The van der Waals surface area contributed by atoms with E-state index in [1.54, 1.807) is 36.7 Å². The van der Waals surface area contributed by atoms with E-state index in [2.05, 4.69) is 20.3 Å². The van der Waals surface area contributed by atoms with E-state index in [9.17, 15) is 9.18 Å². The van der Waals surface area contributed by atoms with Gasteiger partial charge in [-0.25, -0.2) is 19.3 Å². The van der Waals surface area contributed by atoms with Gasteiger partial charge in [0.2, 0.25) is 0 Å². The van der Waals surface area contributed by atoms with Gasteiger partial charge >= 0.3 is 0 Å². The highest BCUT2D eigenvalue weighted by atomic mass is 19.1. The van der Waals surface area contributed by atoms with Crippen molar-refractivity contribution in [3.8, 4) is 11.3 Å². The zero-order chi connectivity index (χ0) is 19.0. The number of aryl methyl sites for hydroxylation is 1. The molecule has 1 amide bonds. The molecule has 0 aliphatic rings. The van der Waals surface area contributed by atoms with Gasteiger partial charge in [0, 0.05) is 35.8 Å². The quantitative estimate of drug-likeness (QED) is 0.584. The van der Waals surface area contributed by atoms with Crippen LogP contribution in [0.5, 0.6) is 0 Å². The maximum Gasteiger partial charge on any atom is 0.256 e. The Kier molecular flexibility index (Phi) is 4.00. The fraction of sp³-hybridized carbons (Fsp3) is 0.0526. The Bertz CT molecular complexity index is 1150. The summed E-state index contributed by atoms with van der Waals surface area (Å²) < 4.78 is 15.1. The van der Waals surface area contributed by atoms with Crippen LogP contribution in [0.4, 0.5) is 16.0 Å². The molecule has 0 aliphatic heterocycles. The van der Waals surface area contributed by atoms with E-state index in [1.807, 2.05) is 11.3 Å². The molecule has 0 fully saturated rings. The lowest BCUT2D eigenvalue weighted by Gasteiger charge is -2.06. The molecule has 0 unspecified atom stereocenters. The molecule has 3 N–H and O–H groups in total. The van der Waals surface area contributed by atoms with Gasteiger partial charge in [-0.1, -0.05) is 12.1 Å². The molecule has 0 aliphatic carbocycles. The highest BCUT2D eigenvalue weighted by Crippen LogP contribution is 2.28. The van der Waals surface area contributed by atoms with Crippen molar-refractivity contribution in [3.05, 3.63) is 72.2 Å². The van der Waals surface area contributed by atoms with Crippen LogP contribution in [0.3, 0.4) is 0 Å². The summed E-state index contributed by atoms with van der Waals surface area (Å²) in [5.41, 5.74) is 8.64. The monoisotopic (exact) mass is 362 g/mol. The van der Waals surface area contributed by atoms with E-state index >= 15 is 0 Å². The number of nitrogen functional groups attached to an aromatic ring is 1. The Balaban J connectivity index is 1.64. The number of benzene rings is 1. The van der Waals surface area contributed by atoms with Gasteiger partial charge in [0.15, 0.2) is 0 Å². The second-order valence-electron chi connectivity index (χ2n) is 5.93. The van der Waals surface area contributed by atoms with Gasteiger partial charge in [0.05, 0.1) is 0 Å². The lowest BCUT2D eigenvalue weighted by molar-refractivity contribution is 0.102. The van der Waals surface area contributed by atoms with Crippen LogP contribution in [0.25, 0.3) is 16.8 Å². The molecule has 8 heteroatoms. The van der Waals surface area contributed by atoms with Crippen LogP contribution in [0.2, 0.25) is 0 Å². The molecule has 3 heterocycles. The van der Waals surface area contributed by atoms with E-state index in [0.29, 0.717) is 17.1 Å². The third-order valence-electron chi connectivity index (χ3n) is 4.14. The van der Waals surface area contributed by atoms with E-state index < -0.39 is 5.82 Å². The average molecular weight is 362 g/mol. The number of rotatable bonds is 3. The standard InChI is InChI=1S/C19H15FN6O/c1-11-24-16(17-18(21)23-8-9-26(11)17)12-2-4-13(5-3-12)19(27)25-15-10-14(20)6-7-22-15/h2-10H,1H3,(H2,21,23)(H,22,25,27). The first-order chi connectivity index (χ1) is 13.0. The Morgan fingerprint density at radius 2 is 1.93 bits per heavy atom. The fourth-order valence-electron chi connectivity index (χ4n) is 2.86. The third kappa shape index (κ3) is 3.08. The minimum atomic E-state index is -0.469. The van der Waals surface area contributed by atoms with Crippen LogP contribution < -0.4 is 11.1 Å². The number of carbonyl (C=O) groups is 1. The predicted octanol–water partition coefficient (Wildman–Crippen LogP) is 3.07. The van der Waals surface area contributed by atoms with Gasteiger partial charge in [0.25, 0.3) is 5.91 Å². The maximum atomic E-state index is 13.2. The second-order valence-corrected chi connectivity index (χ2v) is 5.93. The lowest BCUT2D eigenvalue weighted by atomic mass is 10.1. The number of aromatic nitrogens is 4. The van der Waals surface area contributed by atoms with E-state index in [0.717, 1.165) is 23.0 Å². The van der Waals surface area contributed by atoms with E-state index in [1.165, 1.54) is 12.3 Å². The number of hydrogen-bond donors (Lipinski definition) is 2. The molecule has 134 valence electrons. The molecular formula is C19H15FN6O. The molecule has 0 saturated carbocycles. The number of nitrogens with one attached hydrogen (secondary N) is 1. The van der Waals surface area contributed by atoms with Crippen LogP contribution in [-0.2, 0) is 0 Å². The van der Waals surface area contributed by atoms with Crippen molar-refractivity contribution in [2.75, 3.05) is 11.1 Å². The maximum absolute atomic E-state index is 13.2. The number of anilines is 2. The largest absolute Gasteiger partial charge is 0.382 e. The lowest BCUT2D eigenvalue weighted by Crippen LogP contribution is -2.12. The van der Waals surface area contributed by atoms with Gasteiger partial charge in [-0.15, -0.1) is 0 Å². The summed E-state index contributed by atoms with van der Waals surface area (Å²) in [4.78, 5) is 24.9. The zero-order valence-electron chi connectivity index (χ0n) is 14.3. The number of amides is 1. The molecule has 0 spiro atoms. The first kappa shape index (κ1) is 16.6. The second kappa shape index (κ2) is 6.49. The molecule has 7 nitrogen and oxygen atoms in total. The van der Waals surface area contributed by atoms with Gasteiger partial charge in [0.1, 0.15) is 34.5 Å². The first-order valence-electron chi connectivity index (χ1n) is 8.15. The molecule has 4 rings (SSSR count). The van der Waals surface area contributed by atoms with Crippen molar-refractivity contribution in [3.63, 3.8) is 0 Å². The highest BCUT2D eigenvalue weighted by molar-refractivity contribution is 6.04. The van der Waals surface area contributed by atoms with Crippen molar-refractivity contribution in [1.82, 2.24) is 19.4 Å².